The van der Waals surface area contributed by atoms with Crippen LogP contribution < -0.4 is 5.32 Å². The second kappa shape index (κ2) is 7.47. The van der Waals surface area contributed by atoms with E-state index in [1.165, 1.54) is 0 Å². The molecule has 0 fully saturated rings. The molecule has 17 heavy (non-hydrogen) atoms. The van der Waals surface area contributed by atoms with E-state index in [0.717, 1.165) is 5.76 Å². The summed E-state index contributed by atoms with van der Waals surface area (Å²) in [5, 5.41) is 12.3. The number of furan rings is 1. The zero-order valence-corrected chi connectivity index (χ0v) is 10.4. The van der Waals surface area contributed by atoms with Crippen LogP contribution in [0.1, 0.15) is 12.2 Å². The summed E-state index contributed by atoms with van der Waals surface area (Å²) in [6, 6.07) is 5.82. The Morgan fingerprint density at radius 2 is 2.53 bits per heavy atom. The standard InChI is InChI=1S/C12H15N3OS/c1-2-7-14-12(17)15(8-4-6-13)10-11-5-3-9-16-11/h2-3,5,9H,1,4,7-8,10H2,(H,14,17). The monoisotopic (exact) mass is 249 g/mol. The third kappa shape index (κ3) is 4.70. The molecule has 0 saturated heterocycles. The fraction of sp³-hybridized carbons (Fsp3) is 0.333. The van der Waals surface area contributed by atoms with Crippen LogP contribution in [0.25, 0.3) is 0 Å². The van der Waals surface area contributed by atoms with Gasteiger partial charge in [0.15, 0.2) is 5.11 Å². The summed E-state index contributed by atoms with van der Waals surface area (Å²) in [6.45, 7) is 5.38. The molecule has 0 aliphatic rings. The SMILES string of the molecule is C=CCNC(=S)N(CCC#N)Cc1ccco1. The van der Waals surface area contributed by atoms with E-state index >= 15 is 0 Å². The van der Waals surface area contributed by atoms with Crippen molar-refractivity contribution in [2.45, 2.75) is 13.0 Å². The zero-order chi connectivity index (χ0) is 12.5. The first-order chi connectivity index (χ1) is 8.27. The van der Waals surface area contributed by atoms with Crippen LogP contribution in [0.4, 0.5) is 0 Å². The maximum atomic E-state index is 8.62. The van der Waals surface area contributed by atoms with Crippen LogP contribution in [0.15, 0.2) is 35.5 Å². The van der Waals surface area contributed by atoms with Gasteiger partial charge in [0.05, 0.1) is 25.3 Å². The highest BCUT2D eigenvalue weighted by molar-refractivity contribution is 7.80. The summed E-state index contributed by atoms with van der Waals surface area (Å²) >= 11 is 5.24. The molecule has 1 heterocycles. The lowest BCUT2D eigenvalue weighted by Crippen LogP contribution is -2.39. The molecule has 1 aromatic heterocycles. The van der Waals surface area contributed by atoms with E-state index < -0.39 is 0 Å². The second-order valence-corrected chi connectivity index (χ2v) is 3.77. The quantitative estimate of drug-likeness (QED) is 0.618. The third-order valence-electron chi connectivity index (χ3n) is 2.11. The number of hydrogen-bond acceptors (Lipinski definition) is 3. The van der Waals surface area contributed by atoms with Gasteiger partial charge in [-0.3, -0.25) is 0 Å². The van der Waals surface area contributed by atoms with Crippen molar-refractivity contribution in [1.29, 1.82) is 5.26 Å². The summed E-state index contributed by atoms with van der Waals surface area (Å²) in [5.41, 5.74) is 0. The van der Waals surface area contributed by atoms with Gasteiger partial charge in [-0.2, -0.15) is 5.26 Å². The molecule has 4 nitrogen and oxygen atoms in total. The highest BCUT2D eigenvalue weighted by atomic mass is 32.1. The van der Waals surface area contributed by atoms with Gasteiger partial charge in [0.1, 0.15) is 5.76 Å². The van der Waals surface area contributed by atoms with Crippen molar-refractivity contribution in [2.24, 2.45) is 0 Å². The van der Waals surface area contributed by atoms with Crippen LogP contribution in [0.2, 0.25) is 0 Å². The van der Waals surface area contributed by atoms with E-state index in [4.69, 9.17) is 21.9 Å². The minimum absolute atomic E-state index is 0.427. The molecule has 0 unspecified atom stereocenters. The lowest BCUT2D eigenvalue weighted by Gasteiger charge is -2.23. The smallest absolute Gasteiger partial charge is 0.169 e. The number of nitrogens with zero attached hydrogens (tertiary/aromatic N) is 2. The van der Waals surface area contributed by atoms with Gasteiger partial charge in [0.2, 0.25) is 0 Å². The first-order valence-electron chi connectivity index (χ1n) is 5.31. The van der Waals surface area contributed by atoms with Gasteiger partial charge in [-0.15, -0.1) is 6.58 Å². The van der Waals surface area contributed by atoms with Crippen molar-refractivity contribution in [3.05, 3.63) is 36.8 Å². The Balaban J connectivity index is 2.56. The topological polar surface area (TPSA) is 52.2 Å². The molecule has 1 N–H and O–H groups in total. The molecule has 0 aromatic carbocycles. The number of nitrogens with one attached hydrogen (secondary N) is 1. The van der Waals surface area contributed by atoms with Crippen molar-refractivity contribution in [1.82, 2.24) is 10.2 Å². The average molecular weight is 249 g/mol. The first-order valence-corrected chi connectivity index (χ1v) is 5.71. The normalized spacial score (nSPS) is 9.35. The maximum absolute atomic E-state index is 8.62. The van der Waals surface area contributed by atoms with Crippen molar-refractivity contribution in [3.63, 3.8) is 0 Å². The van der Waals surface area contributed by atoms with Crippen LogP contribution >= 0.6 is 12.2 Å². The molecule has 0 bridgehead atoms. The Bertz CT molecular complexity index is 394. The molecule has 90 valence electrons. The van der Waals surface area contributed by atoms with Crippen molar-refractivity contribution < 1.29 is 4.42 Å². The van der Waals surface area contributed by atoms with E-state index in [1.54, 1.807) is 12.3 Å². The van der Waals surface area contributed by atoms with E-state index in [9.17, 15) is 0 Å². The molecule has 0 aliphatic carbocycles. The second-order valence-electron chi connectivity index (χ2n) is 3.38. The summed E-state index contributed by atoms with van der Waals surface area (Å²) < 4.78 is 5.27. The summed E-state index contributed by atoms with van der Waals surface area (Å²) in [4.78, 5) is 1.90. The molecule has 0 saturated carbocycles. The largest absolute Gasteiger partial charge is 0.467 e. The minimum Gasteiger partial charge on any atom is -0.467 e. The third-order valence-corrected chi connectivity index (χ3v) is 2.51. The molecule has 0 atom stereocenters. The van der Waals surface area contributed by atoms with Gasteiger partial charge >= 0.3 is 0 Å². The van der Waals surface area contributed by atoms with Gasteiger partial charge in [-0.1, -0.05) is 6.08 Å². The average Bonchev–Trinajstić information content (AvgIpc) is 2.84. The Morgan fingerprint density at radius 1 is 1.71 bits per heavy atom. The van der Waals surface area contributed by atoms with Crippen molar-refractivity contribution in [3.8, 4) is 6.07 Å². The lowest BCUT2D eigenvalue weighted by molar-refractivity contribution is 0.364. The Kier molecular flexibility index (Phi) is 5.83. The maximum Gasteiger partial charge on any atom is 0.169 e. The summed E-state index contributed by atoms with van der Waals surface area (Å²) in [6.07, 6.45) is 3.79. The molecule has 0 amide bonds. The van der Waals surface area contributed by atoms with E-state index in [-0.39, 0.29) is 0 Å². The molecule has 0 aliphatic heterocycles. The van der Waals surface area contributed by atoms with E-state index in [0.29, 0.717) is 31.2 Å². The highest BCUT2D eigenvalue weighted by Crippen LogP contribution is 2.06. The molecule has 0 radical (unpaired) electrons. The lowest BCUT2D eigenvalue weighted by atomic mass is 10.3. The van der Waals surface area contributed by atoms with Gasteiger partial charge in [0, 0.05) is 13.1 Å². The highest BCUT2D eigenvalue weighted by Gasteiger charge is 2.10. The van der Waals surface area contributed by atoms with Crippen LogP contribution in [-0.4, -0.2) is 23.1 Å². The number of nitriles is 1. The van der Waals surface area contributed by atoms with Crippen molar-refractivity contribution in [2.75, 3.05) is 13.1 Å². The predicted octanol–water partition coefficient (Wildman–Crippen LogP) is 2.06. The zero-order valence-electron chi connectivity index (χ0n) is 9.56. The van der Waals surface area contributed by atoms with Crippen molar-refractivity contribution >= 4 is 17.3 Å². The molecule has 1 rings (SSSR count). The van der Waals surface area contributed by atoms with Crippen LogP contribution in [0.5, 0.6) is 0 Å². The minimum atomic E-state index is 0.427. The van der Waals surface area contributed by atoms with E-state index in [1.807, 2.05) is 17.0 Å². The first kappa shape index (κ1) is 13.3. The van der Waals surface area contributed by atoms with Gasteiger partial charge in [-0.05, 0) is 24.4 Å². The molecule has 0 spiro atoms. The Morgan fingerprint density at radius 3 is 3.12 bits per heavy atom. The summed E-state index contributed by atoms with van der Waals surface area (Å²) in [5.74, 6) is 0.825. The van der Waals surface area contributed by atoms with Gasteiger partial charge < -0.3 is 14.6 Å². The predicted molar refractivity (Wildman–Crippen MR) is 70.1 cm³/mol. The van der Waals surface area contributed by atoms with Gasteiger partial charge in [-0.25, -0.2) is 0 Å². The fourth-order valence-corrected chi connectivity index (χ4v) is 1.54. The van der Waals surface area contributed by atoms with Crippen LogP contribution in [0, 0.1) is 11.3 Å². The molecule has 5 heteroatoms. The fourth-order valence-electron chi connectivity index (χ4n) is 1.30. The number of hydrogen-bond donors (Lipinski definition) is 1. The van der Waals surface area contributed by atoms with Gasteiger partial charge in [0.25, 0.3) is 0 Å². The molecular formula is C12H15N3OS. The molecular weight excluding hydrogens is 234 g/mol. The summed E-state index contributed by atoms with van der Waals surface area (Å²) in [7, 11) is 0. The Hall–Kier alpha value is -1.80. The van der Waals surface area contributed by atoms with E-state index in [2.05, 4.69) is 18.0 Å². The van der Waals surface area contributed by atoms with Crippen LogP contribution in [0.3, 0.4) is 0 Å². The number of rotatable bonds is 6. The van der Waals surface area contributed by atoms with Crippen LogP contribution in [-0.2, 0) is 6.54 Å². The molecule has 1 aromatic rings. The number of thiocarbonyl (C=S) groups is 1. The Labute approximate surface area is 107 Å².